The molecule has 2 bridgehead atoms. The van der Waals surface area contributed by atoms with E-state index >= 15 is 0 Å². The number of amides is 1. The molecule has 0 aliphatic heterocycles. The summed E-state index contributed by atoms with van der Waals surface area (Å²) in [4.78, 5) is 16.3. The van der Waals surface area contributed by atoms with E-state index < -0.39 is 0 Å². The van der Waals surface area contributed by atoms with E-state index in [9.17, 15) is 4.79 Å². The lowest BCUT2D eigenvalue weighted by molar-refractivity contribution is -0.120. The van der Waals surface area contributed by atoms with Crippen molar-refractivity contribution >= 4 is 11.6 Å². The van der Waals surface area contributed by atoms with Crippen LogP contribution in [0.1, 0.15) is 12.8 Å². The van der Waals surface area contributed by atoms with Gasteiger partial charge in [0, 0.05) is 17.2 Å². The summed E-state index contributed by atoms with van der Waals surface area (Å²) in [7, 11) is 0. The molecule has 2 aliphatic carbocycles. The van der Waals surface area contributed by atoms with Gasteiger partial charge in [0.25, 0.3) is 0 Å². The quantitative estimate of drug-likeness (QED) is 0.878. The first kappa shape index (κ1) is 12.3. The van der Waals surface area contributed by atoms with Gasteiger partial charge in [0.1, 0.15) is 0 Å². The van der Waals surface area contributed by atoms with Gasteiger partial charge in [-0.2, -0.15) is 4.98 Å². The summed E-state index contributed by atoms with van der Waals surface area (Å²) >= 11 is 0. The molecule has 106 valence electrons. The number of nitrogens with zero attached hydrogens (tertiary/aromatic N) is 2. The Bertz CT molecular complexity index is 676. The molecule has 1 aromatic heterocycles. The molecule has 1 aromatic carbocycles. The molecule has 4 rings (SSSR count). The van der Waals surface area contributed by atoms with Crippen molar-refractivity contribution in [2.45, 2.75) is 12.8 Å². The van der Waals surface area contributed by atoms with E-state index in [-0.39, 0.29) is 11.8 Å². The molecule has 0 radical (unpaired) electrons. The fourth-order valence-corrected chi connectivity index (χ4v) is 3.32. The second-order valence-corrected chi connectivity index (χ2v) is 5.71. The van der Waals surface area contributed by atoms with E-state index in [1.54, 1.807) is 0 Å². The first-order valence-electron chi connectivity index (χ1n) is 7.15. The van der Waals surface area contributed by atoms with E-state index in [0.717, 1.165) is 24.1 Å². The van der Waals surface area contributed by atoms with Gasteiger partial charge in [0.05, 0.1) is 0 Å². The molecule has 2 aromatic rings. The summed E-state index contributed by atoms with van der Waals surface area (Å²) < 4.78 is 4.72. The number of carbonyl (C=O) groups is 1. The Morgan fingerprint density at radius 3 is 2.67 bits per heavy atom. The summed E-state index contributed by atoms with van der Waals surface area (Å²) in [5.41, 5.74) is 1.67. The lowest BCUT2D eigenvalue weighted by Gasteiger charge is -2.17. The fourth-order valence-electron chi connectivity index (χ4n) is 3.32. The average Bonchev–Trinajstić information content (AvgIpc) is 3.25. The highest BCUT2D eigenvalue weighted by molar-refractivity contribution is 5.93. The number of hydrogen-bond acceptors (Lipinski definition) is 4. The van der Waals surface area contributed by atoms with Crippen molar-refractivity contribution in [2.75, 3.05) is 5.32 Å². The standard InChI is InChI=1S/C16H15N3O2/c20-16(14-8-10-1-2-12(14)7-10)18-13-5-3-11(4-6-13)15-17-9-21-19-15/h1-6,9-10,12,14H,7-8H2,(H,18,20)/t10-,12-,14-/m0/s1. The molecule has 1 N–H and O–H groups in total. The van der Waals surface area contributed by atoms with Crippen LogP contribution in [0, 0.1) is 17.8 Å². The van der Waals surface area contributed by atoms with E-state index in [4.69, 9.17) is 4.52 Å². The largest absolute Gasteiger partial charge is 0.342 e. The fraction of sp³-hybridized carbons (Fsp3) is 0.312. The highest BCUT2D eigenvalue weighted by Gasteiger charge is 2.39. The first-order valence-corrected chi connectivity index (χ1v) is 7.15. The smallest absolute Gasteiger partial charge is 0.228 e. The minimum atomic E-state index is 0.122. The monoisotopic (exact) mass is 281 g/mol. The van der Waals surface area contributed by atoms with Crippen molar-refractivity contribution < 1.29 is 9.32 Å². The maximum absolute atomic E-state index is 12.3. The summed E-state index contributed by atoms with van der Waals surface area (Å²) in [5.74, 6) is 1.82. The number of benzene rings is 1. The summed E-state index contributed by atoms with van der Waals surface area (Å²) in [6.07, 6.45) is 7.85. The van der Waals surface area contributed by atoms with Gasteiger partial charge in [-0.15, -0.1) is 0 Å². The predicted octanol–water partition coefficient (Wildman–Crippen LogP) is 2.89. The summed E-state index contributed by atoms with van der Waals surface area (Å²) in [5, 5.41) is 6.79. The van der Waals surface area contributed by atoms with Crippen LogP contribution < -0.4 is 5.32 Å². The lowest BCUT2D eigenvalue weighted by atomic mass is 9.93. The van der Waals surface area contributed by atoms with Crippen LogP contribution in [0.15, 0.2) is 47.3 Å². The summed E-state index contributed by atoms with van der Waals surface area (Å²) in [6.45, 7) is 0. The average molecular weight is 281 g/mol. The number of aromatic nitrogens is 2. The number of nitrogens with one attached hydrogen (secondary N) is 1. The normalized spacial score (nSPS) is 26.2. The lowest BCUT2D eigenvalue weighted by Crippen LogP contribution is -2.25. The number of anilines is 1. The minimum Gasteiger partial charge on any atom is -0.342 e. The number of fused-ring (bicyclic) bond motifs is 2. The third-order valence-corrected chi connectivity index (χ3v) is 4.39. The predicted molar refractivity (Wildman–Crippen MR) is 77.2 cm³/mol. The molecule has 0 unspecified atom stereocenters. The topological polar surface area (TPSA) is 68.0 Å². The van der Waals surface area contributed by atoms with Crippen LogP contribution >= 0.6 is 0 Å². The molecule has 0 saturated heterocycles. The zero-order valence-electron chi connectivity index (χ0n) is 11.4. The highest BCUT2D eigenvalue weighted by Crippen LogP contribution is 2.43. The van der Waals surface area contributed by atoms with Crippen molar-refractivity contribution in [3.05, 3.63) is 42.8 Å². The molecule has 3 atom stereocenters. The van der Waals surface area contributed by atoms with Gasteiger partial charge < -0.3 is 9.84 Å². The molecule has 0 spiro atoms. The first-order chi connectivity index (χ1) is 10.3. The molecule has 5 nitrogen and oxygen atoms in total. The van der Waals surface area contributed by atoms with Crippen LogP contribution in [0.3, 0.4) is 0 Å². The second-order valence-electron chi connectivity index (χ2n) is 5.71. The number of hydrogen-bond donors (Lipinski definition) is 1. The zero-order chi connectivity index (χ0) is 14.2. The van der Waals surface area contributed by atoms with E-state index in [1.807, 2.05) is 24.3 Å². The van der Waals surface area contributed by atoms with Crippen LogP contribution in [0.25, 0.3) is 11.4 Å². The SMILES string of the molecule is O=C(Nc1ccc(-c2ncon2)cc1)[C@H]1C[C@H]2C=C[C@H]1C2. The Kier molecular flexibility index (Phi) is 2.84. The van der Waals surface area contributed by atoms with Gasteiger partial charge in [-0.25, -0.2) is 0 Å². The van der Waals surface area contributed by atoms with Crippen LogP contribution in [-0.4, -0.2) is 16.0 Å². The van der Waals surface area contributed by atoms with E-state index in [0.29, 0.717) is 17.7 Å². The molecule has 21 heavy (non-hydrogen) atoms. The Hall–Kier alpha value is -2.43. The molecular weight excluding hydrogens is 266 g/mol. The second kappa shape index (κ2) is 4.84. The van der Waals surface area contributed by atoms with Gasteiger partial charge in [-0.3, -0.25) is 4.79 Å². The molecule has 1 amide bonds. The zero-order valence-corrected chi connectivity index (χ0v) is 11.4. The van der Waals surface area contributed by atoms with Crippen molar-refractivity contribution in [2.24, 2.45) is 17.8 Å². The Morgan fingerprint density at radius 2 is 2.05 bits per heavy atom. The van der Waals surface area contributed by atoms with Gasteiger partial charge >= 0.3 is 0 Å². The number of carbonyl (C=O) groups excluding carboxylic acids is 1. The van der Waals surface area contributed by atoms with Crippen LogP contribution in [0.2, 0.25) is 0 Å². The van der Waals surface area contributed by atoms with E-state index in [1.165, 1.54) is 6.39 Å². The van der Waals surface area contributed by atoms with Gasteiger partial charge in [0.15, 0.2) is 0 Å². The number of allylic oxidation sites excluding steroid dienone is 2. The van der Waals surface area contributed by atoms with Gasteiger partial charge in [0.2, 0.25) is 18.1 Å². The van der Waals surface area contributed by atoms with Crippen molar-refractivity contribution in [1.82, 2.24) is 10.1 Å². The van der Waals surface area contributed by atoms with Crippen molar-refractivity contribution in [1.29, 1.82) is 0 Å². The minimum absolute atomic E-state index is 0.122. The molecule has 1 fully saturated rings. The van der Waals surface area contributed by atoms with Crippen LogP contribution in [0.5, 0.6) is 0 Å². The maximum Gasteiger partial charge on any atom is 0.228 e. The highest BCUT2D eigenvalue weighted by atomic mass is 16.5. The van der Waals surface area contributed by atoms with E-state index in [2.05, 4.69) is 27.6 Å². The molecule has 1 saturated carbocycles. The van der Waals surface area contributed by atoms with Crippen molar-refractivity contribution in [3.63, 3.8) is 0 Å². The Morgan fingerprint density at radius 1 is 1.19 bits per heavy atom. The van der Waals surface area contributed by atoms with Gasteiger partial charge in [-0.1, -0.05) is 17.3 Å². The van der Waals surface area contributed by atoms with Crippen molar-refractivity contribution in [3.8, 4) is 11.4 Å². The molecular formula is C16H15N3O2. The number of rotatable bonds is 3. The third-order valence-electron chi connectivity index (χ3n) is 4.39. The maximum atomic E-state index is 12.3. The summed E-state index contributed by atoms with van der Waals surface area (Å²) in [6, 6.07) is 7.49. The van der Waals surface area contributed by atoms with Crippen LogP contribution in [0.4, 0.5) is 5.69 Å². The van der Waals surface area contributed by atoms with Gasteiger partial charge in [-0.05, 0) is 48.9 Å². The molecule has 2 aliphatic rings. The Balaban J connectivity index is 1.45. The van der Waals surface area contributed by atoms with Crippen LogP contribution in [-0.2, 0) is 4.79 Å². The Labute approximate surface area is 122 Å². The third kappa shape index (κ3) is 2.24. The molecule has 1 heterocycles. The molecule has 5 heteroatoms.